The highest BCUT2D eigenvalue weighted by Crippen LogP contribution is 2.19. The third-order valence-corrected chi connectivity index (χ3v) is 4.60. The van der Waals surface area contributed by atoms with Crippen LogP contribution < -0.4 is 14.9 Å². The Kier molecular flexibility index (Phi) is 6.15. The molecule has 0 radical (unpaired) electrons. The highest BCUT2D eigenvalue weighted by atomic mass is 32.2. The lowest BCUT2D eigenvalue weighted by Gasteiger charge is -2.22. The summed E-state index contributed by atoms with van der Waals surface area (Å²) in [5.74, 6) is -0.741. The first-order valence-corrected chi connectivity index (χ1v) is 9.69. The molecule has 0 aromatic heterocycles. The van der Waals surface area contributed by atoms with Gasteiger partial charge in [0.15, 0.2) is 0 Å². The number of nitrogens with one attached hydrogen (secondary N) is 2. The van der Waals surface area contributed by atoms with E-state index in [1.54, 1.807) is 24.3 Å². The zero-order valence-corrected chi connectivity index (χ0v) is 15.6. The van der Waals surface area contributed by atoms with Crippen molar-refractivity contribution in [2.45, 2.75) is 6.92 Å². The average molecular weight is 386 g/mol. The second-order valence-corrected chi connectivity index (χ2v) is 7.64. The zero-order valence-electron chi connectivity index (χ0n) is 14.8. The fraction of sp³-hybridized carbons (Fsp3) is 0.167. The number of benzene rings is 2. The van der Waals surface area contributed by atoms with Crippen LogP contribution >= 0.6 is 0 Å². The second-order valence-electron chi connectivity index (χ2n) is 5.74. The summed E-state index contributed by atoms with van der Waals surface area (Å²) >= 11 is 0. The van der Waals surface area contributed by atoms with E-state index < -0.39 is 22.5 Å². The summed E-state index contributed by atoms with van der Waals surface area (Å²) in [6, 6.07) is 14.3. The molecule has 0 spiro atoms. The Bertz CT molecular complexity index is 978. The predicted molar refractivity (Wildman–Crippen MR) is 103 cm³/mol. The number of amides is 2. The van der Waals surface area contributed by atoms with Crippen molar-refractivity contribution in [2.75, 3.05) is 27.7 Å². The standard InChI is InChI=1S/C18H18N4O4S/c1-13(23)20-15-5-7-16(8-6-15)21-18(24)12-22(27(2,25)26)17-9-3-14(11-19)4-10-17/h3-10H,12H2,1-2H3,(H,20,23)(H,21,24). The number of carbonyl (C=O) groups is 2. The number of hydrogen-bond acceptors (Lipinski definition) is 5. The van der Waals surface area contributed by atoms with Crippen LogP contribution in [-0.2, 0) is 19.6 Å². The van der Waals surface area contributed by atoms with Crippen LogP contribution in [0.15, 0.2) is 48.5 Å². The predicted octanol–water partition coefficient (Wildman–Crippen LogP) is 1.92. The van der Waals surface area contributed by atoms with Crippen LogP contribution in [-0.4, -0.2) is 33.0 Å². The molecule has 9 heteroatoms. The Morgan fingerprint density at radius 3 is 1.96 bits per heavy atom. The van der Waals surface area contributed by atoms with Gasteiger partial charge in [-0.1, -0.05) is 0 Å². The monoisotopic (exact) mass is 386 g/mol. The van der Waals surface area contributed by atoms with Gasteiger partial charge in [0.2, 0.25) is 21.8 Å². The maximum atomic E-state index is 12.3. The van der Waals surface area contributed by atoms with E-state index in [-0.39, 0.29) is 11.6 Å². The fourth-order valence-corrected chi connectivity index (χ4v) is 3.13. The fourth-order valence-electron chi connectivity index (χ4n) is 2.27. The highest BCUT2D eigenvalue weighted by molar-refractivity contribution is 7.92. The smallest absolute Gasteiger partial charge is 0.245 e. The van der Waals surface area contributed by atoms with Crippen molar-refractivity contribution in [3.05, 3.63) is 54.1 Å². The summed E-state index contributed by atoms with van der Waals surface area (Å²) in [4.78, 5) is 23.3. The number of rotatable bonds is 6. The van der Waals surface area contributed by atoms with Gasteiger partial charge in [-0.3, -0.25) is 13.9 Å². The lowest BCUT2D eigenvalue weighted by molar-refractivity contribution is -0.115. The molecule has 2 aromatic carbocycles. The van der Waals surface area contributed by atoms with Gasteiger partial charge in [0, 0.05) is 18.3 Å². The van der Waals surface area contributed by atoms with Crippen molar-refractivity contribution < 1.29 is 18.0 Å². The van der Waals surface area contributed by atoms with Gasteiger partial charge >= 0.3 is 0 Å². The molecule has 0 saturated heterocycles. The largest absolute Gasteiger partial charge is 0.326 e. The Balaban J connectivity index is 2.12. The van der Waals surface area contributed by atoms with Gasteiger partial charge in [-0.15, -0.1) is 0 Å². The number of nitrogens with zero attached hydrogens (tertiary/aromatic N) is 2. The number of anilines is 3. The van der Waals surface area contributed by atoms with Crippen LogP contribution in [0.3, 0.4) is 0 Å². The van der Waals surface area contributed by atoms with E-state index in [0.717, 1.165) is 10.6 Å². The molecule has 0 bridgehead atoms. The first kappa shape index (κ1) is 19.9. The molecule has 140 valence electrons. The molecule has 2 N–H and O–H groups in total. The number of sulfonamides is 1. The number of nitriles is 1. The quantitative estimate of drug-likeness (QED) is 0.786. The first-order chi connectivity index (χ1) is 12.7. The molecule has 27 heavy (non-hydrogen) atoms. The zero-order chi connectivity index (χ0) is 20.0. The van der Waals surface area contributed by atoms with Crippen LogP contribution in [0.5, 0.6) is 0 Å². The summed E-state index contributed by atoms with van der Waals surface area (Å²) in [6.07, 6.45) is 1.00. The minimum absolute atomic E-state index is 0.210. The maximum Gasteiger partial charge on any atom is 0.245 e. The van der Waals surface area contributed by atoms with Crippen LogP contribution in [0.25, 0.3) is 0 Å². The third-order valence-electron chi connectivity index (χ3n) is 3.46. The normalized spacial score (nSPS) is 10.6. The molecule has 0 aliphatic rings. The lowest BCUT2D eigenvalue weighted by Crippen LogP contribution is -2.37. The molecule has 2 aromatic rings. The summed E-state index contributed by atoms with van der Waals surface area (Å²) in [5, 5.41) is 14.0. The van der Waals surface area contributed by atoms with Gasteiger partial charge in [-0.2, -0.15) is 5.26 Å². The van der Waals surface area contributed by atoms with E-state index in [2.05, 4.69) is 10.6 Å². The van der Waals surface area contributed by atoms with Crippen molar-refractivity contribution in [3.8, 4) is 6.07 Å². The SMILES string of the molecule is CC(=O)Nc1ccc(NC(=O)CN(c2ccc(C#N)cc2)S(C)(=O)=O)cc1. The van der Waals surface area contributed by atoms with Crippen molar-refractivity contribution in [1.29, 1.82) is 5.26 Å². The Labute approximate surface area is 157 Å². The number of carbonyl (C=O) groups excluding carboxylic acids is 2. The summed E-state index contributed by atoms with van der Waals surface area (Å²) in [5.41, 5.74) is 1.71. The molecular weight excluding hydrogens is 368 g/mol. The van der Waals surface area contributed by atoms with Crippen molar-refractivity contribution in [1.82, 2.24) is 0 Å². The Hall–Kier alpha value is -3.38. The van der Waals surface area contributed by atoms with Gasteiger partial charge < -0.3 is 10.6 Å². The summed E-state index contributed by atoms with van der Waals surface area (Å²) < 4.78 is 25.1. The molecule has 0 aliphatic heterocycles. The summed E-state index contributed by atoms with van der Waals surface area (Å²) in [7, 11) is -3.70. The molecule has 2 rings (SSSR count). The van der Waals surface area contributed by atoms with E-state index in [9.17, 15) is 18.0 Å². The van der Waals surface area contributed by atoms with Gasteiger partial charge in [0.1, 0.15) is 6.54 Å². The molecule has 2 amide bonds. The number of hydrogen-bond donors (Lipinski definition) is 2. The molecule has 0 atom stereocenters. The molecule has 0 heterocycles. The van der Waals surface area contributed by atoms with Crippen molar-refractivity contribution >= 4 is 38.9 Å². The Morgan fingerprint density at radius 2 is 1.52 bits per heavy atom. The van der Waals surface area contributed by atoms with Crippen molar-refractivity contribution in [3.63, 3.8) is 0 Å². The molecule has 0 fully saturated rings. The minimum Gasteiger partial charge on any atom is -0.326 e. The third kappa shape index (κ3) is 5.83. The van der Waals surface area contributed by atoms with E-state index in [4.69, 9.17) is 5.26 Å². The van der Waals surface area contributed by atoms with E-state index in [1.807, 2.05) is 6.07 Å². The molecule has 0 aliphatic carbocycles. The van der Waals surface area contributed by atoms with Gasteiger partial charge in [0.05, 0.1) is 23.6 Å². The van der Waals surface area contributed by atoms with Gasteiger partial charge in [-0.05, 0) is 48.5 Å². The van der Waals surface area contributed by atoms with E-state index >= 15 is 0 Å². The molecule has 0 unspecified atom stereocenters. The van der Waals surface area contributed by atoms with Crippen LogP contribution in [0.1, 0.15) is 12.5 Å². The van der Waals surface area contributed by atoms with Crippen molar-refractivity contribution in [2.24, 2.45) is 0 Å². The van der Waals surface area contributed by atoms with E-state index in [1.165, 1.54) is 31.2 Å². The highest BCUT2D eigenvalue weighted by Gasteiger charge is 2.21. The second kappa shape index (κ2) is 8.33. The van der Waals surface area contributed by atoms with Gasteiger partial charge in [-0.25, -0.2) is 8.42 Å². The molecule has 8 nitrogen and oxygen atoms in total. The van der Waals surface area contributed by atoms with Crippen LogP contribution in [0.2, 0.25) is 0 Å². The topological polar surface area (TPSA) is 119 Å². The minimum atomic E-state index is -3.70. The Morgan fingerprint density at radius 1 is 1.00 bits per heavy atom. The summed E-state index contributed by atoms with van der Waals surface area (Å²) in [6.45, 7) is 0.969. The van der Waals surface area contributed by atoms with Crippen LogP contribution in [0, 0.1) is 11.3 Å². The molecular formula is C18H18N4O4S. The first-order valence-electron chi connectivity index (χ1n) is 7.84. The lowest BCUT2D eigenvalue weighted by atomic mass is 10.2. The molecule has 0 saturated carbocycles. The van der Waals surface area contributed by atoms with Gasteiger partial charge in [0.25, 0.3) is 0 Å². The maximum absolute atomic E-state index is 12.3. The average Bonchev–Trinajstić information content (AvgIpc) is 2.60. The van der Waals surface area contributed by atoms with E-state index in [0.29, 0.717) is 16.9 Å². The van der Waals surface area contributed by atoms with Crippen LogP contribution in [0.4, 0.5) is 17.1 Å².